The molecule has 0 aliphatic carbocycles. The molecule has 0 saturated carbocycles. The van der Waals surface area contributed by atoms with E-state index >= 15 is 0 Å². The molecule has 1 amide bonds. The maximum atomic E-state index is 12.7. The van der Waals surface area contributed by atoms with Gasteiger partial charge in [0.1, 0.15) is 0 Å². The van der Waals surface area contributed by atoms with Crippen LogP contribution in [0.25, 0.3) is 10.9 Å². The zero-order chi connectivity index (χ0) is 18.2. The van der Waals surface area contributed by atoms with Crippen molar-refractivity contribution in [1.29, 1.82) is 0 Å². The Hall–Kier alpha value is -2.60. The quantitative estimate of drug-likeness (QED) is 0.731. The molecule has 6 heteroatoms. The standard InChI is InChI=1S/C19H21N3O2S/c1-12-13(2)20-18-16(12)6-5-7-17(18)19(23)21-14-8-10-15(11-9-14)22-25(3,4)24/h5-11,20H,1-4H3,(H,21,23). The number of aryl methyl sites for hydroxylation is 2. The molecule has 1 aromatic heterocycles. The van der Waals surface area contributed by atoms with Gasteiger partial charge in [-0.2, -0.15) is 4.36 Å². The van der Waals surface area contributed by atoms with Gasteiger partial charge in [-0.3, -0.25) is 4.79 Å². The number of carbonyl (C=O) groups excluding carboxylic acids is 1. The van der Waals surface area contributed by atoms with Gasteiger partial charge in [-0.1, -0.05) is 12.1 Å². The summed E-state index contributed by atoms with van der Waals surface area (Å²) >= 11 is 0. The number of aromatic amines is 1. The lowest BCUT2D eigenvalue weighted by Gasteiger charge is -2.07. The van der Waals surface area contributed by atoms with Crippen molar-refractivity contribution in [3.05, 3.63) is 59.3 Å². The molecule has 25 heavy (non-hydrogen) atoms. The third-order valence-corrected chi connectivity index (χ3v) is 4.69. The number of carbonyl (C=O) groups is 1. The topological polar surface area (TPSA) is 74.3 Å². The van der Waals surface area contributed by atoms with E-state index in [9.17, 15) is 9.00 Å². The second kappa shape index (κ2) is 6.37. The fourth-order valence-electron chi connectivity index (χ4n) is 2.73. The van der Waals surface area contributed by atoms with E-state index in [-0.39, 0.29) is 5.91 Å². The van der Waals surface area contributed by atoms with Gasteiger partial charge in [0.15, 0.2) is 0 Å². The predicted molar refractivity (Wildman–Crippen MR) is 104 cm³/mol. The van der Waals surface area contributed by atoms with E-state index in [0.29, 0.717) is 16.9 Å². The molecule has 130 valence electrons. The van der Waals surface area contributed by atoms with Crippen LogP contribution in [0.1, 0.15) is 21.6 Å². The Labute approximate surface area is 147 Å². The van der Waals surface area contributed by atoms with Crippen molar-refractivity contribution in [3.8, 4) is 0 Å². The highest BCUT2D eigenvalue weighted by molar-refractivity contribution is 7.92. The summed E-state index contributed by atoms with van der Waals surface area (Å²) in [6.07, 6.45) is 3.17. The van der Waals surface area contributed by atoms with Crippen LogP contribution in [0.4, 0.5) is 11.4 Å². The SMILES string of the molecule is Cc1[nH]c2c(C(=O)Nc3ccc(N=S(C)(C)=O)cc3)cccc2c1C. The van der Waals surface area contributed by atoms with Crippen molar-refractivity contribution >= 4 is 37.9 Å². The minimum Gasteiger partial charge on any atom is -0.358 e. The van der Waals surface area contributed by atoms with Gasteiger partial charge in [-0.05, 0) is 49.7 Å². The summed E-state index contributed by atoms with van der Waals surface area (Å²) < 4.78 is 15.9. The van der Waals surface area contributed by atoms with Crippen LogP contribution in [0.2, 0.25) is 0 Å². The van der Waals surface area contributed by atoms with Gasteiger partial charge in [0.05, 0.1) is 16.8 Å². The second-order valence-electron chi connectivity index (χ2n) is 6.38. The van der Waals surface area contributed by atoms with E-state index in [4.69, 9.17) is 0 Å². The van der Waals surface area contributed by atoms with Crippen LogP contribution in [0.15, 0.2) is 46.8 Å². The van der Waals surface area contributed by atoms with Crippen LogP contribution >= 0.6 is 0 Å². The maximum absolute atomic E-state index is 12.7. The molecule has 0 aliphatic heterocycles. The fraction of sp³-hybridized carbons (Fsp3) is 0.211. The lowest BCUT2D eigenvalue weighted by molar-refractivity contribution is 0.102. The molecule has 0 fully saturated rings. The first-order valence-electron chi connectivity index (χ1n) is 7.91. The van der Waals surface area contributed by atoms with E-state index in [1.165, 1.54) is 0 Å². The molecule has 0 spiro atoms. The first kappa shape index (κ1) is 17.2. The zero-order valence-electron chi connectivity index (χ0n) is 14.7. The van der Waals surface area contributed by atoms with Gasteiger partial charge < -0.3 is 10.3 Å². The van der Waals surface area contributed by atoms with Gasteiger partial charge in [-0.15, -0.1) is 0 Å². The normalized spacial score (nSPS) is 11.5. The number of anilines is 1. The highest BCUT2D eigenvalue weighted by atomic mass is 32.2. The molecule has 2 N–H and O–H groups in total. The Balaban J connectivity index is 1.88. The average Bonchev–Trinajstić information content (AvgIpc) is 2.83. The van der Waals surface area contributed by atoms with Crippen molar-refractivity contribution < 1.29 is 9.00 Å². The maximum Gasteiger partial charge on any atom is 0.257 e. The van der Waals surface area contributed by atoms with Crippen LogP contribution in [-0.2, 0) is 9.73 Å². The van der Waals surface area contributed by atoms with Crippen LogP contribution < -0.4 is 5.32 Å². The Bertz CT molecular complexity index is 1060. The highest BCUT2D eigenvalue weighted by Crippen LogP contribution is 2.25. The number of rotatable bonds is 3. The number of hydrogen-bond acceptors (Lipinski definition) is 3. The molecular weight excluding hydrogens is 334 g/mol. The Kier molecular flexibility index (Phi) is 4.39. The minimum absolute atomic E-state index is 0.175. The number of H-pyrrole nitrogens is 1. The van der Waals surface area contributed by atoms with Gasteiger partial charge in [0.2, 0.25) is 0 Å². The summed E-state index contributed by atoms with van der Waals surface area (Å²) in [6, 6.07) is 12.7. The van der Waals surface area contributed by atoms with Crippen LogP contribution in [0, 0.1) is 13.8 Å². The smallest absolute Gasteiger partial charge is 0.257 e. The summed E-state index contributed by atoms with van der Waals surface area (Å²) in [7, 11) is -2.20. The van der Waals surface area contributed by atoms with Crippen LogP contribution in [0.3, 0.4) is 0 Å². The number of nitrogens with zero attached hydrogens (tertiary/aromatic N) is 1. The summed E-state index contributed by atoms with van der Waals surface area (Å²) in [4.78, 5) is 16.0. The first-order valence-corrected chi connectivity index (χ1v) is 10.2. The van der Waals surface area contributed by atoms with Crippen molar-refractivity contribution in [1.82, 2.24) is 4.98 Å². The van der Waals surface area contributed by atoms with E-state index in [1.54, 1.807) is 42.8 Å². The second-order valence-corrected chi connectivity index (χ2v) is 8.92. The summed E-state index contributed by atoms with van der Waals surface area (Å²) in [5.41, 5.74) is 4.96. The van der Waals surface area contributed by atoms with Gasteiger partial charge in [0.25, 0.3) is 5.91 Å². The summed E-state index contributed by atoms with van der Waals surface area (Å²) in [5.74, 6) is -0.175. The van der Waals surface area contributed by atoms with E-state index < -0.39 is 9.73 Å². The lowest BCUT2D eigenvalue weighted by atomic mass is 10.1. The number of hydrogen-bond donors (Lipinski definition) is 2. The third-order valence-electron chi connectivity index (χ3n) is 4.04. The van der Waals surface area contributed by atoms with Crippen LogP contribution in [0.5, 0.6) is 0 Å². The Morgan fingerprint density at radius 3 is 2.40 bits per heavy atom. The first-order chi connectivity index (χ1) is 11.7. The lowest BCUT2D eigenvalue weighted by Crippen LogP contribution is -2.12. The molecule has 0 aliphatic rings. The number of amides is 1. The zero-order valence-corrected chi connectivity index (χ0v) is 15.5. The molecule has 5 nitrogen and oxygen atoms in total. The molecular formula is C19H21N3O2S. The van der Waals surface area contributed by atoms with Crippen molar-refractivity contribution in [2.24, 2.45) is 4.36 Å². The van der Waals surface area contributed by atoms with Crippen molar-refractivity contribution in [3.63, 3.8) is 0 Å². The number of para-hydroxylation sites is 1. The minimum atomic E-state index is -2.20. The Morgan fingerprint density at radius 2 is 1.76 bits per heavy atom. The summed E-state index contributed by atoms with van der Waals surface area (Å²) in [6.45, 7) is 4.04. The predicted octanol–water partition coefficient (Wildman–Crippen LogP) is 4.40. The molecule has 0 unspecified atom stereocenters. The molecule has 1 heterocycles. The largest absolute Gasteiger partial charge is 0.358 e. The number of benzene rings is 2. The van der Waals surface area contributed by atoms with Gasteiger partial charge >= 0.3 is 0 Å². The van der Waals surface area contributed by atoms with E-state index in [1.807, 2.05) is 26.0 Å². The number of nitrogens with one attached hydrogen (secondary N) is 2. The van der Waals surface area contributed by atoms with Crippen molar-refractivity contribution in [2.45, 2.75) is 13.8 Å². The average molecular weight is 355 g/mol. The van der Waals surface area contributed by atoms with E-state index in [2.05, 4.69) is 14.7 Å². The van der Waals surface area contributed by atoms with Crippen molar-refractivity contribution in [2.75, 3.05) is 17.8 Å². The number of aromatic nitrogens is 1. The highest BCUT2D eigenvalue weighted by Gasteiger charge is 2.14. The monoisotopic (exact) mass is 355 g/mol. The number of fused-ring (bicyclic) bond motifs is 1. The molecule has 0 saturated heterocycles. The fourth-order valence-corrected chi connectivity index (χ4v) is 3.36. The Morgan fingerprint density at radius 1 is 1.08 bits per heavy atom. The van der Waals surface area contributed by atoms with Gasteiger partial charge in [0, 0.05) is 39.0 Å². The third kappa shape index (κ3) is 3.74. The van der Waals surface area contributed by atoms with Gasteiger partial charge in [-0.25, -0.2) is 4.21 Å². The molecule has 0 radical (unpaired) electrons. The van der Waals surface area contributed by atoms with Crippen LogP contribution in [-0.4, -0.2) is 27.6 Å². The molecule has 0 atom stereocenters. The summed E-state index contributed by atoms with van der Waals surface area (Å²) in [5, 5.41) is 3.95. The molecule has 2 aromatic carbocycles. The molecule has 3 rings (SSSR count). The molecule has 3 aromatic rings. The van der Waals surface area contributed by atoms with E-state index in [0.717, 1.165) is 22.2 Å². The molecule has 0 bridgehead atoms.